The Kier molecular flexibility index (Phi) is 5.70. The lowest BCUT2D eigenvalue weighted by molar-refractivity contribution is -0.111. The fourth-order valence-electron chi connectivity index (χ4n) is 2.12. The van der Waals surface area contributed by atoms with Gasteiger partial charge in [-0.2, -0.15) is 0 Å². The summed E-state index contributed by atoms with van der Waals surface area (Å²) < 4.78 is 0. The van der Waals surface area contributed by atoms with Gasteiger partial charge in [0.25, 0.3) is 0 Å². The number of amides is 1. The number of nitrogens with one attached hydrogen (secondary N) is 2. The van der Waals surface area contributed by atoms with E-state index in [-0.39, 0.29) is 5.91 Å². The van der Waals surface area contributed by atoms with Gasteiger partial charge in [0, 0.05) is 16.9 Å². The van der Waals surface area contributed by atoms with E-state index in [1.165, 1.54) is 6.08 Å². The Hall–Kier alpha value is -3.12. The van der Waals surface area contributed by atoms with Crippen LogP contribution in [-0.4, -0.2) is 17.1 Å². The number of nitrogens with zero attached hydrogens (tertiary/aromatic N) is 1. The van der Waals surface area contributed by atoms with Crippen LogP contribution in [0.3, 0.4) is 0 Å². The highest BCUT2D eigenvalue weighted by molar-refractivity contribution is 5.99. The van der Waals surface area contributed by atoms with Crippen molar-refractivity contribution in [1.82, 2.24) is 4.98 Å². The molecule has 0 fully saturated rings. The second-order valence-corrected chi connectivity index (χ2v) is 5.26. The zero-order chi connectivity index (χ0) is 17.5. The van der Waals surface area contributed by atoms with E-state index >= 15 is 0 Å². The van der Waals surface area contributed by atoms with Crippen molar-refractivity contribution < 1.29 is 4.79 Å². The molecule has 0 spiro atoms. The first-order valence-corrected chi connectivity index (χ1v) is 7.45. The highest BCUT2D eigenvalue weighted by Gasteiger charge is 2.05. The number of benzene rings is 1. The van der Waals surface area contributed by atoms with Crippen molar-refractivity contribution in [2.75, 3.05) is 10.6 Å². The van der Waals surface area contributed by atoms with Crippen LogP contribution in [0, 0.1) is 0 Å². The number of allylic oxidation sites excluding steroid dienone is 1. The number of nitrogens with two attached hydrogens (primary N) is 2. The quantitative estimate of drug-likeness (QED) is 0.482. The van der Waals surface area contributed by atoms with Crippen LogP contribution in [0.5, 0.6) is 0 Å². The average molecular weight is 323 g/mol. The van der Waals surface area contributed by atoms with Gasteiger partial charge in [0.2, 0.25) is 5.91 Å². The lowest BCUT2D eigenvalue weighted by atomic mass is 10.1. The molecule has 124 valence electrons. The van der Waals surface area contributed by atoms with Gasteiger partial charge < -0.3 is 22.1 Å². The number of hydrogen-bond acceptors (Lipinski definition) is 5. The molecule has 2 aromatic rings. The molecule has 0 aliphatic rings. The minimum atomic E-state index is -0.420. The van der Waals surface area contributed by atoms with Crippen LogP contribution in [0.15, 0.2) is 66.9 Å². The van der Waals surface area contributed by atoms with E-state index in [2.05, 4.69) is 22.2 Å². The molecule has 1 heterocycles. The van der Waals surface area contributed by atoms with E-state index < -0.39 is 6.17 Å². The molecular weight excluding hydrogens is 302 g/mol. The highest BCUT2D eigenvalue weighted by Crippen LogP contribution is 2.22. The molecule has 2 rings (SSSR count). The topological polar surface area (TPSA) is 106 Å². The molecule has 1 atom stereocenters. The Bertz CT molecular complexity index is 766. The fourth-order valence-corrected chi connectivity index (χ4v) is 2.12. The molecule has 0 saturated carbocycles. The van der Waals surface area contributed by atoms with Gasteiger partial charge in [-0.1, -0.05) is 24.8 Å². The first-order chi connectivity index (χ1) is 11.5. The first kappa shape index (κ1) is 17.2. The van der Waals surface area contributed by atoms with Crippen LogP contribution < -0.4 is 22.1 Å². The summed E-state index contributed by atoms with van der Waals surface area (Å²) in [6.07, 6.45) is 2.51. The predicted octanol–water partition coefficient (Wildman–Crippen LogP) is 2.43. The second kappa shape index (κ2) is 7.94. The Balaban J connectivity index is 2.22. The van der Waals surface area contributed by atoms with Crippen LogP contribution in [0.1, 0.15) is 6.92 Å². The van der Waals surface area contributed by atoms with Gasteiger partial charge in [0.15, 0.2) is 0 Å². The number of hydrogen-bond donors (Lipinski definition) is 4. The lowest BCUT2D eigenvalue weighted by Gasteiger charge is -2.12. The summed E-state index contributed by atoms with van der Waals surface area (Å²) in [6, 6.07) is 13.0. The van der Waals surface area contributed by atoms with Crippen LogP contribution in [0.25, 0.3) is 11.3 Å². The molecule has 6 nitrogen and oxygen atoms in total. The van der Waals surface area contributed by atoms with Crippen LogP contribution >= 0.6 is 0 Å². The molecule has 1 amide bonds. The van der Waals surface area contributed by atoms with Crippen molar-refractivity contribution in [2.24, 2.45) is 11.5 Å². The van der Waals surface area contributed by atoms with Crippen LogP contribution in [0.2, 0.25) is 0 Å². The molecule has 0 aliphatic carbocycles. The summed E-state index contributed by atoms with van der Waals surface area (Å²) in [5.74, 6) is 0.378. The first-order valence-electron chi connectivity index (χ1n) is 7.45. The molecular formula is C18H21N5O. The largest absolute Gasteiger partial charge is 0.402 e. The zero-order valence-corrected chi connectivity index (χ0v) is 13.5. The van der Waals surface area contributed by atoms with Gasteiger partial charge in [-0.05, 0) is 43.3 Å². The number of aromatic nitrogens is 1. The van der Waals surface area contributed by atoms with Gasteiger partial charge in [-0.15, -0.1) is 0 Å². The third-order valence-corrected chi connectivity index (χ3v) is 3.12. The Morgan fingerprint density at radius 2 is 2.04 bits per heavy atom. The minimum Gasteiger partial charge on any atom is -0.402 e. The summed E-state index contributed by atoms with van der Waals surface area (Å²) in [6.45, 7) is 5.21. The van der Waals surface area contributed by atoms with E-state index in [9.17, 15) is 4.79 Å². The third-order valence-electron chi connectivity index (χ3n) is 3.12. The number of carbonyl (C=O) groups excluding carboxylic acids is 1. The minimum absolute atomic E-state index is 0.259. The van der Waals surface area contributed by atoms with E-state index in [4.69, 9.17) is 11.5 Å². The molecule has 6 N–H and O–H groups in total. The molecule has 0 bridgehead atoms. The molecule has 6 heteroatoms. The molecule has 1 aromatic heterocycles. The maximum absolute atomic E-state index is 11.4. The predicted molar refractivity (Wildman–Crippen MR) is 98.0 cm³/mol. The summed E-state index contributed by atoms with van der Waals surface area (Å²) in [7, 11) is 0. The molecule has 24 heavy (non-hydrogen) atoms. The van der Waals surface area contributed by atoms with Crippen molar-refractivity contribution in [1.29, 1.82) is 0 Å². The van der Waals surface area contributed by atoms with Crippen molar-refractivity contribution in [3.8, 4) is 11.3 Å². The smallest absolute Gasteiger partial charge is 0.247 e. The van der Waals surface area contributed by atoms with Crippen molar-refractivity contribution >= 4 is 17.4 Å². The molecule has 0 aliphatic heterocycles. The fraction of sp³-hybridized carbons (Fsp3) is 0.111. The van der Waals surface area contributed by atoms with Gasteiger partial charge in [0.1, 0.15) is 5.82 Å². The number of carbonyl (C=O) groups is 1. The number of pyridine rings is 1. The molecule has 1 unspecified atom stereocenters. The van der Waals surface area contributed by atoms with Gasteiger partial charge in [0.05, 0.1) is 11.9 Å². The maximum Gasteiger partial charge on any atom is 0.247 e. The van der Waals surface area contributed by atoms with E-state index in [0.717, 1.165) is 11.3 Å². The number of rotatable bonds is 6. The Morgan fingerprint density at radius 1 is 1.29 bits per heavy atom. The van der Waals surface area contributed by atoms with Crippen LogP contribution in [0.4, 0.5) is 11.5 Å². The van der Waals surface area contributed by atoms with E-state index in [1.54, 1.807) is 19.1 Å². The summed E-state index contributed by atoms with van der Waals surface area (Å²) in [4.78, 5) is 15.9. The lowest BCUT2D eigenvalue weighted by Crippen LogP contribution is -2.28. The third kappa shape index (κ3) is 4.96. The molecule has 0 saturated heterocycles. The van der Waals surface area contributed by atoms with Gasteiger partial charge in [-0.25, -0.2) is 4.98 Å². The number of anilines is 2. The Morgan fingerprint density at radius 3 is 2.75 bits per heavy atom. The highest BCUT2D eigenvalue weighted by atomic mass is 16.1. The zero-order valence-electron chi connectivity index (χ0n) is 13.5. The second-order valence-electron chi connectivity index (χ2n) is 5.26. The summed E-state index contributed by atoms with van der Waals surface area (Å²) in [5.41, 5.74) is 14.5. The van der Waals surface area contributed by atoms with Crippen molar-refractivity contribution in [2.45, 2.75) is 13.1 Å². The Labute approximate surface area is 141 Å². The molecule has 1 aromatic carbocycles. The van der Waals surface area contributed by atoms with Crippen molar-refractivity contribution in [3.63, 3.8) is 0 Å². The standard InChI is InChI=1S/C18H21N5O/c1-3-18(24)21-14-7-4-6-13(11-14)15-8-5-9-17(22-15)23-16(20)10-12(2)19/h3-11,16H,1,19-20H2,2H3,(H,21,24)(H,22,23)/b12-10-. The average Bonchev–Trinajstić information content (AvgIpc) is 2.54. The van der Waals surface area contributed by atoms with Crippen LogP contribution in [-0.2, 0) is 4.79 Å². The van der Waals surface area contributed by atoms with Crippen molar-refractivity contribution in [3.05, 3.63) is 66.9 Å². The van der Waals surface area contributed by atoms with Gasteiger partial charge >= 0.3 is 0 Å². The summed E-state index contributed by atoms with van der Waals surface area (Å²) >= 11 is 0. The SMILES string of the molecule is C=CC(=O)Nc1cccc(-c2cccc(NC(N)/C=C(/C)N)n2)c1. The molecule has 0 radical (unpaired) electrons. The normalized spacial score (nSPS) is 12.3. The summed E-state index contributed by atoms with van der Waals surface area (Å²) in [5, 5.41) is 5.79. The van der Waals surface area contributed by atoms with E-state index in [0.29, 0.717) is 17.2 Å². The maximum atomic E-state index is 11.4. The van der Waals surface area contributed by atoms with Gasteiger partial charge in [-0.3, -0.25) is 4.79 Å². The monoisotopic (exact) mass is 323 g/mol. The van der Waals surface area contributed by atoms with E-state index in [1.807, 2.05) is 36.4 Å².